The van der Waals surface area contributed by atoms with Gasteiger partial charge in [-0.25, -0.2) is 14.8 Å². The summed E-state index contributed by atoms with van der Waals surface area (Å²) >= 11 is 0. The maximum Gasteiger partial charge on any atom is 0.325 e. The van der Waals surface area contributed by atoms with E-state index in [0.717, 1.165) is 31.4 Å². The highest BCUT2D eigenvalue weighted by Crippen LogP contribution is 2.40. The molecule has 0 radical (unpaired) electrons. The van der Waals surface area contributed by atoms with Gasteiger partial charge in [0.15, 0.2) is 0 Å². The van der Waals surface area contributed by atoms with Crippen LogP contribution >= 0.6 is 0 Å². The molecule has 0 saturated heterocycles. The Balaban J connectivity index is 1.59. The molecule has 2 heterocycles. The number of H-pyrrole nitrogens is 2. The first-order chi connectivity index (χ1) is 13.2. The van der Waals surface area contributed by atoms with Crippen LogP contribution in [0.4, 0.5) is 0 Å². The Morgan fingerprint density at radius 2 is 1.52 bits per heavy atom. The maximum atomic E-state index is 12.5. The summed E-state index contributed by atoms with van der Waals surface area (Å²) in [7, 11) is 0. The SMILES string of the molecule is O=c1[nH]c(=O)c(Cc2ncccn2)c([C@H]2CC[C@H](c3ccccc3)CC2)[nH]1. The standard InChI is InChI=1S/C21H22N4O2/c26-20-17(13-18-22-11-4-12-23-18)19(24-21(27)25-20)16-9-7-15(8-10-16)14-5-2-1-3-6-14/h1-6,11-12,15-16H,7-10,13H2,(H2,24,25,26,27)/t15-,16-. The second kappa shape index (κ2) is 7.70. The summed E-state index contributed by atoms with van der Waals surface area (Å²) in [5.74, 6) is 1.30. The lowest BCUT2D eigenvalue weighted by Crippen LogP contribution is -2.30. The lowest BCUT2D eigenvalue weighted by Gasteiger charge is -2.29. The Labute approximate surface area is 156 Å². The van der Waals surface area contributed by atoms with Gasteiger partial charge in [-0.3, -0.25) is 9.78 Å². The summed E-state index contributed by atoms with van der Waals surface area (Å²) in [5, 5.41) is 0. The van der Waals surface area contributed by atoms with Gasteiger partial charge in [0.1, 0.15) is 5.82 Å². The first-order valence-corrected chi connectivity index (χ1v) is 9.37. The van der Waals surface area contributed by atoms with Crippen molar-refractivity contribution in [3.8, 4) is 0 Å². The largest absolute Gasteiger partial charge is 0.325 e. The summed E-state index contributed by atoms with van der Waals surface area (Å²) in [6, 6.07) is 12.3. The summed E-state index contributed by atoms with van der Waals surface area (Å²) < 4.78 is 0. The molecule has 0 aliphatic heterocycles. The number of hydrogen-bond donors (Lipinski definition) is 2. The van der Waals surface area contributed by atoms with Gasteiger partial charge >= 0.3 is 5.69 Å². The highest BCUT2D eigenvalue weighted by Gasteiger charge is 2.27. The molecule has 27 heavy (non-hydrogen) atoms. The Bertz CT molecular complexity index is 1000. The van der Waals surface area contributed by atoms with Gasteiger partial charge in [0.05, 0.1) is 0 Å². The van der Waals surface area contributed by atoms with E-state index in [2.05, 4.69) is 44.2 Å². The normalized spacial score (nSPS) is 19.7. The zero-order chi connectivity index (χ0) is 18.6. The van der Waals surface area contributed by atoms with Gasteiger partial charge in [0.2, 0.25) is 0 Å². The molecule has 0 bridgehead atoms. The van der Waals surface area contributed by atoms with E-state index in [0.29, 0.717) is 23.7 Å². The zero-order valence-corrected chi connectivity index (χ0v) is 15.0. The second-order valence-electron chi connectivity index (χ2n) is 7.10. The Hall–Kier alpha value is -3.02. The molecule has 6 heteroatoms. The highest BCUT2D eigenvalue weighted by molar-refractivity contribution is 5.26. The van der Waals surface area contributed by atoms with Gasteiger partial charge in [-0.1, -0.05) is 30.3 Å². The molecule has 1 saturated carbocycles. The van der Waals surface area contributed by atoms with Gasteiger partial charge in [-0.15, -0.1) is 0 Å². The number of aromatic amines is 2. The predicted octanol–water partition coefficient (Wildman–Crippen LogP) is 2.89. The third-order valence-electron chi connectivity index (χ3n) is 5.44. The average Bonchev–Trinajstić information content (AvgIpc) is 2.71. The molecule has 0 atom stereocenters. The quantitative estimate of drug-likeness (QED) is 0.746. The molecule has 2 N–H and O–H groups in total. The van der Waals surface area contributed by atoms with Crippen molar-refractivity contribution < 1.29 is 0 Å². The first-order valence-electron chi connectivity index (χ1n) is 9.37. The van der Waals surface area contributed by atoms with E-state index in [1.165, 1.54) is 5.56 Å². The summed E-state index contributed by atoms with van der Waals surface area (Å²) in [6.07, 6.45) is 7.62. The minimum absolute atomic E-state index is 0.179. The monoisotopic (exact) mass is 362 g/mol. The average molecular weight is 362 g/mol. The van der Waals surface area contributed by atoms with Crippen LogP contribution in [0.15, 0.2) is 58.4 Å². The Kier molecular flexibility index (Phi) is 4.96. The third-order valence-corrected chi connectivity index (χ3v) is 5.44. The molecular weight excluding hydrogens is 340 g/mol. The van der Waals surface area contributed by atoms with Crippen LogP contribution in [0.25, 0.3) is 0 Å². The van der Waals surface area contributed by atoms with Crippen LogP contribution < -0.4 is 11.2 Å². The van der Waals surface area contributed by atoms with Crippen LogP contribution in [-0.2, 0) is 6.42 Å². The van der Waals surface area contributed by atoms with Crippen molar-refractivity contribution >= 4 is 0 Å². The van der Waals surface area contributed by atoms with Crippen molar-refractivity contribution in [1.29, 1.82) is 0 Å². The second-order valence-corrected chi connectivity index (χ2v) is 7.10. The minimum atomic E-state index is -0.446. The highest BCUT2D eigenvalue weighted by atomic mass is 16.2. The smallest absolute Gasteiger partial charge is 0.311 e. The number of nitrogens with one attached hydrogen (secondary N) is 2. The lowest BCUT2D eigenvalue weighted by molar-refractivity contribution is 0.388. The Morgan fingerprint density at radius 3 is 2.22 bits per heavy atom. The van der Waals surface area contributed by atoms with Crippen molar-refractivity contribution in [1.82, 2.24) is 19.9 Å². The molecule has 6 nitrogen and oxygen atoms in total. The fraction of sp³-hybridized carbons (Fsp3) is 0.333. The van der Waals surface area contributed by atoms with E-state index in [-0.39, 0.29) is 11.5 Å². The van der Waals surface area contributed by atoms with E-state index >= 15 is 0 Å². The topological polar surface area (TPSA) is 91.5 Å². The molecule has 1 aliphatic carbocycles. The van der Waals surface area contributed by atoms with Crippen molar-refractivity contribution in [2.24, 2.45) is 0 Å². The fourth-order valence-corrected chi connectivity index (χ4v) is 4.07. The summed E-state index contributed by atoms with van der Waals surface area (Å²) in [4.78, 5) is 38.0. The molecule has 2 aromatic heterocycles. The Morgan fingerprint density at radius 1 is 0.852 bits per heavy atom. The zero-order valence-electron chi connectivity index (χ0n) is 15.0. The van der Waals surface area contributed by atoms with Crippen LogP contribution in [0.3, 0.4) is 0 Å². The van der Waals surface area contributed by atoms with Gasteiger partial charge in [0, 0.05) is 30.1 Å². The van der Waals surface area contributed by atoms with E-state index < -0.39 is 5.69 Å². The lowest BCUT2D eigenvalue weighted by atomic mass is 9.76. The van der Waals surface area contributed by atoms with E-state index in [1.54, 1.807) is 18.5 Å². The van der Waals surface area contributed by atoms with E-state index in [1.807, 2.05) is 6.07 Å². The molecule has 0 amide bonds. The van der Waals surface area contributed by atoms with Crippen molar-refractivity contribution in [2.45, 2.75) is 43.9 Å². The molecule has 138 valence electrons. The van der Waals surface area contributed by atoms with Crippen molar-refractivity contribution in [2.75, 3.05) is 0 Å². The number of nitrogens with zero attached hydrogens (tertiary/aromatic N) is 2. The van der Waals surface area contributed by atoms with Gasteiger partial charge in [0.25, 0.3) is 5.56 Å². The molecule has 0 spiro atoms. The summed E-state index contributed by atoms with van der Waals surface area (Å²) in [6.45, 7) is 0. The van der Waals surface area contributed by atoms with Gasteiger partial charge in [-0.05, 0) is 49.1 Å². The number of hydrogen-bond acceptors (Lipinski definition) is 4. The maximum absolute atomic E-state index is 12.5. The number of aromatic nitrogens is 4. The van der Waals surface area contributed by atoms with Crippen LogP contribution in [0.2, 0.25) is 0 Å². The third kappa shape index (κ3) is 3.89. The van der Waals surface area contributed by atoms with Crippen LogP contribution in [0.1, 0.15) is 60.2 Å². The molecule has 4 rings (SSSR count). The van der Waals surface area contributed by atoms with Gasteiger partial charge in [-0.2, -0.15) is 0 Å². The number of rotatable bonds is 4. The first kappa shape index (κ1) is 17.4. The summed E-state index contributed by atoms with van der Waals surface area (Å²) in [5.41, 5.74) is 1.91. The molecule has 1 aliphatic rings. The van der Waals surface area contributed by atoms with Crippen LogP contribution in [0, 0.1) is 0 Å². The molecule has 1 aromatic carbocycles. The number of benzene rings is 1. The molecule has 0 unspecified atom stereocenters. The van der Waals surface area contributed by atoms with Crippen molar-refractivity contribution in [3.05, 3.63) is 92.3 Å². The minimum Gasteiger partial charge on any atom is -0.311 e. The molecular formula is C21H22N4O2. The molecule has 1 fully saturated rings. The van der Waals surface area contributed by atoms with Crippen LogP contribution in [0.5, 0.6) is 0 Å². The van der Waals surface area contributed by atoms with E-state index in [4.69, 9.17) is 0 Å². The van der Waals surface area contributed by atoms with Crippen LogP contribution in [-0.4, -0.2) is 19.9 Å². The van der Waals surface area contributed by atoms with Crippen molar-refractivity contribution in [3.63, 3.8) is 0 Å². The van der Waals surface area contributed by atoms with E-state index in [9.17, 15) is 9.59 Å². The van der Waals surface area contributed by atoms with Gasteiger partial charge < -0.3 is 4.98 Å². The predicted molar refractivity (Wildman–Crippen MR) is 103 cm³/mol. The fourth-order valence-electron chi connectivity index (χ4n) is 4.07. The molecule has 3 aromatic rings.